The Labute approximate surface area is 86.2 Å². The van der Waals surface area contributed by atoms with Crippen molar-refractivity contribution in [2.24, 2.45) is 0 Å². The van der Waals surface area contributed by atoms with E-state index in [9.17, 15) is 4.39 Å². The molecule has 0 aliphatic heterocycles. The zero-order valence-electron chi connectivity index (χ0n) is 7.17. The van der Waals surface area contributed by atoms with Gasteiger partial charge in [0.2, 0.25) is 0 Å². The summed E-state index contributed by atoms with van der Waals surface area (Å²) < 4.78 is 12.9. The molecule has 3 heteroatoms. The molecule has 69 valence electrons. The molecule has 0 bridgehead atoms. The maximum absolute atomic E-state index is 12.9. The Morgan fingerprint density at radius 3 is 2.86 bits per heavy atom. The lowest BCUT2D eigenvalue weighted by molar-refractivity contribution is 0.628. The molecule has 1 aromatic carbocycles. The minimum Gasteiger partial charge on any atom is -0.245 e. The Balaban J connectivity index is 2.49. The van der Waals surface area contributed by atoms with E-state index in [-0.39, 0.29) is 5.82 Å². The lowest BCUT2D eigenvalue weighted by Crippen LogP contribution is -1.81. The summed E-state index contributed by atoms with van der Waals surface area (Å²) in [7, 11) is 0. The third-order valence-electron chi connectivity index (χ3n) is 1.80. The smallest absolute Gasteiger partial charge is 0.129 e. The zero-order chi connectivity index (χ0) is 9.97. The van der Waals surface area contributed by atoms with Gasteiger partial charge in [-0.1, -0.05) is 17.7 Å². The van der Waals surface area contributed by atoms with E-state index in [1.807, 2.05) is 0 Å². The summed E-state index contributed by atoms with van der Waals surface area (Å²) in [5.74, 6) is -0.285. The molecule has 0 unspecified atom stereocenters. The van der Waals surface area contributed by atoms with Crippen molar-refractivity contribution in [3.63, 3.8) is 0 Å². The van der Waals surface area contributed by atoms with Crippen LogP contribution in [-0.2, 0) is 0 Å². The minimum absolute atomic E-state index is 0.285. The van der Waals surface area contributed by atoms with Crippen molar-refractivity contribution in [3.8, 4) is 11.1 Å². The van der Waals surface area contributed by atoms with Crippen LogP contribution in [-0.4, -0.2) is 4.98 Å². The molecule has 1 aromatic heterocycles. The molecular formula is C11H6ClFN. The molecule has 0 fully saturated rings. The van der Waals surface area contributed by atoms with Crippen LogP contribution >= 0.6 is 11.6 Å². The molecule has 1 nitrogen and oxygen atoms in total. The summed E-state index contributed by atoms with van der Waals surface area (Å²) in [6.07, 6.45) is 1.58. The molecular weight excluding hydrogens is 201 g/mol. The highest BCUT2D eigenvalue weighted by molar-refractivity contribution is 6.29. The molecule has 2 aromatic rings. The summed E-state index contributed by atoms with van der Waals surface area (Å²) in [5.41, 5.74) is 1.49. The molecule has 14 heavy (non-hydrogen) atoms. The summed E-state index contributed by atoms with van der Waals surface area (Å²) in [4.78, 5) is 3.85. The van der Waals surface area contributed by atoms with Gasteiger partial charge < -0.3 is 0 Å². The molecule has 0 saturated heterocycles. The number of halogens is 2. The Morgan fingerprint density at radius 2 is 2.14 bits per heavy atom. The van der Waals surface area contributed by atoms with Gasteiger partial charge in [-0.15, -0.1) is 0 Å². The summed E-state index contributed by atoms with van der Waals surface area (Å²) in [5, 5.41) is 0.389. The van der Waals surface area contributed by atoms with Crippen LogP contribution in [0.4, 0.5) is 4.39 Å². The van der Waals surface area contributed by atoms with Crippen molar-refractivity contribution >= 4 is 11.6 Å². The fourth-order valence-corrected chi connectivity index (χ4v) is 1.35. The maximum Gasteiger partial charge on any atom is 0.129 e. The fraction of sp³-hybridized carbons (Fsp3) is 0. The molecule has 0 N–H and O–H groups in total. The van der Waals surface area contributed by atoms with Gasteiger partial charge in [0.05, 0.1) is 0 Å². The second kappa shape index (κ2) is 3.76. The molecule has 2 rings (SSSR count). The molecule has 1 heterocycles. The monoisotopic (exact) mass is 206 g/mol. The van der Waals surface area contributed by atoms with E-state index in [4.69, 9.17) is 11.6 Å². The van der Waals surface area contributed by atoms with Gasteiger partial charge in [0.15, 0.2) is 0 Å². The Kier molecular flexibility index (Phi) is 2.46. The third kappa shape index (κ3) is 1.91. The first-order chi connectivity index (χ1) is 6.75. The van der Waals surface area contributed by atoms with Gasteiger partial charge in [-0.3, -0.25) is 0 Å². The highest BCUT2D eigenvalue weighted by atomic mass is 35.5. The highest BCUT2D eigenvalue weighted by Gasteiger charge is 2.00. The standard InChI is InChI=1S/C11H6ClFN/c12-11-7-9(4-5-14-11)8-2-1-3-10(13)6-8/h1,3-7H. The van der Waals surface area contributed by atoms with Gasteiger partial charge in [-0.05, 0) is 41.5 Å². The lowest BCUT2D eigenvalue weighted by atomic mass is 10.1. The van der Waals surface area contributed by atoms with Crippen LogP contribution in [0, 0.1) is 11.9 Å². The Hall–Kier alpha value is -1.41. The molecule has 0 atom stereocenters. The second-order valence-corrected chi connectivity index (χ2v) is 3.18. The average molecular weight is 207 g/mol. The molecule has 0 aliphatic rings. The summed E-state index contributed by atoms with van der Waals surface area (Å²) in [6, 6.07) is 10.7. The van der Waals surface area contributed by atoms with Crippen molar-refractivity contribution < 1.29 is 4.39 Å². The van der Waals surface area contributed by atoms with Crippen LogP contribution in [0.3, 0.4) is 0 Å². The van der Waals surface area contributed by atoms with Gasteiger partial charge >= 0.3 is 0 Å². The van der Waals surface area contributed by atoms with Crippen LogP contribution < -0.4 is 0 Å². The predicted molar refractivity (Wildman–Crippen MR) is 53.5 cm³/mol. The minimum atomic E-state index is -0.285. The van der Waals surface area contributed by atoms with E-state index in [0.717, 1.165) is 5.56 Å². The van der Waals surface area contributed by atoms with Gasteiger partial charge in [0.1, 0.15) is 11.0 Å². The highest BCUT2D eigenvalue weighted by Crippen LogP contribution is 2.21. The fourth-order valence-electron chi connectivity index (χ4n) is 1.18. The van der Waals surface area contributed by atoms with E-state index >= 15 is 0 Å². The number of pyridine rings is 1. The van der Waals surface area contributed by atoms with Crippen molar-refractivity contribution in [2.75, 3.05) is 0 Å². The van der Waals surface area contributed by atoms with Crippen LogP contribution in [0.15, 0.2) is 36.5 Å². The topological polar surface area (TPSA) is 12.9 Å². The maximum atomic E-state index is 12.9. The first-order valence-electron chi connectivity index (χ1n) is 4.05. The number of aromatic nitrogens is 1. The van der Waals surface area contributed by atoms with Crippen molar-refractivity contribution in [3.05, 3.63) is 53.6 Å². The van der Waals surface area contributed by atoms with Crippen molar-refractivity contribution in [1.82, 2.24) is 4.98 Å². The summed E-state index contributed by atoms with van der Waals surface area (Å²) in [6.45, 7) is 0. The van der Waals surface area contributed by atoms with Crippen LogP contribution in [0.5, 0.6) is 0 Å². The quantitative estimate of drug-likeness (QED) is 0.653. The Morgan fingerprint density at radius 1 is 1.29 bits per heavy atom. The molecule has 0 aliphatic carbocycles. The van der Waals surface area contributed by atoms with Crippen LogP contribution in [0.2, 0.25) is 5.15 Å². The Bertz CT molecular complexity index is 413. The average Bonchev–Trinajstić information content (AvgIpc) is 2.18. The number of nitrogens with zero attached hydrogens (tertiary/aromatic N) is 1. The van der Waals surface area contributed by atoms with E-state index < -0.39 is 0 Å². The van der Waals surface area contributed by atoms with E-state index in [1.165, 1.54) is 12.1 Å². The van der Waals surface area contributed by atoms with E-state index in [1.54, 1.807) is 24.4 Å². The second-order valence-electron chi connectivity index (χ2n) is 2.79. The van der Waals surface area contributed by atoms with E-state index in [0.29, 0.717) is 10.7 Å². The SMILES string of the molecule is Fc1cc[c]c(-c2ccnc(Cl)c2)c1. The number of hydrogen-bond acceptors (Lipinski definition) is 1. The van der Waals surface area contributed by atoms with Crippen molar-refractivity contribution in [2.45, 2.75) is 0 Å². The van der Waals surface area contributed by atoms with Crippen LogP contribution in [0.25, 0.3) is 11.1 Å². The number of benzene rings is 1. The third-order valence-corrected chi connectivity index (χ3v) is 2.01. The van der Waals surface area contributed by atoms with Crippen LogP contribution in [0.1, 0.15) is 0 Å². The first kappa shape index (κ1) is 9.16. The lowest BCUT2D eigenvalue weighted by Gasteiger charge is -2.00. The largest absolute Gasteiger partial charge is 0.245 e. The van der Waals surface area contributed by atoms with Crippen molar-refractivity contribution in [1.29, 1.82) is 0 Å². The zero-order valence-corrected chi connectivity index (χ0v) is 7.92. The van der Waals surface area contributed by atoms with E-state index in [2.05, 4.69) is 11.1 Å². The van der Waals surface area contributed by atoms with Gasteiger partial charge in [-0.25, -0.2) is 9.37 Å². The molecule has 0 saturated carbocycles. The first-order valence-corrected chi connectivity index (χ1v) is 4.43. The number of hydrogen-bond donors (Lipinski definition) is 0. The molecule has 0 spiro atoms. The molecule has 1 radical (unpaired) electrons. The van der Waals surface area contributed by atoms with Gasteiger partial charge in [0, 0.05) is 6.20 Å². The van der Waals surface area contributed by atoms with Gasteiger partial charge in [0.25, 0.3) is 0 Å². The van der Waals surface area contributed by atoms with Gasteiger partial charge in [-0.2, -0.15) is 0 Å². The predicted octanol–water partition coefficient (Wildman–Crippen LogP) is 3.34. The summed E-state index contributed by atoms with van der Waals surface area (Å²) >= 11 is 5.72. The number of rotatable bonds is 1. The normalized spacial score (nSPS) is 10.1. The molecule has 0 amide bonds.